The van der Waals surface area contributed by atoms with E-state index in [0.717, 1.165) is 22.3 Å². The summed E-state index contributed by atoms with van der Waals surface area (Å²) in [6, 6.07) is 16.0. The first-order chi connectivity index (χ1) is 11.7. The van der Waals surface area contributed by atoms with Crippen LogP contribution in [0.15, 0.2) is 60.9 Å². The van der Waals surface area contributed by atoms with E-state index in [9.17, 15) is 0 Å². The van der Waals surface area contributed by atoms with Gasteiger partial charge >= 0.3 is 0 Å². The maximum Gasteiger partial charge on any atom is 0.119 e. The Bertz CT molecular complexity index is 769. The van der Waals surface area contributed by atoms with Gasteiger partial charge in [-0.25, -0.2) is 0 Å². The van der Waals surface area contributed by atoms with E-state index in [1.807, 2.05) is 30.5 Å². The summed E-state index contributed by atoms with van der Waals surface area (Å²) in [6.07, 6.45) is 4.35. The fourth-order valence-electron chi connectivity index (χ4n) is 3.06. The molecule has 4 nitrogen and oxygen atoms in total. The highest BCUT2D eigenvalue weighted by Crippen LogP contribution is 2.37. The lowest BCUT2D eigenvalue weighted by atomic mass is 9.82. The van der Waals surface area contributed by atoms with Crippen LogP contribution in [0.1, 0.15) is 17.5 Å². The van der Waals surface area contributed by atoms with E-state index in [4.69, 9.17) is 22.1 Å². The Morgan fingerprint density at radius 3 is 2.17 bits per heavy atom. The predicted molar refractivity (Wildman–Crippen MR) is 96.9 cm³/mol. The van der Waals surface area contributed by atoms with Crippen LogP contribution in [-0.2, 0) is 10.3 Å². The number of rotatable bonds is 6. The molecule has 0 saturated carbocycles. The maximum atomic E-state index is 6.03. The van der Waals surface area contributed by atoms with Crippen LogP contribution >= 0.6 is 11.6 Å². The molecule has 0 spiro atoms. The molecule has 1 aromatic heterocycles. The molecule has 0 fully saturated rings. The number of halogens is 1. The van der Waals surface area contributed by atoms with E-state index in [2.05, 4.69) is 34.5 Å². The first-order valence-electron chi connectivity index (χ1n) is 7.80. The summed E-state index contributed by atoms with van der Waals surface area (Å²) in [5.74, 6) is 0. The van der Waals surface area contributed by atoms with Crippen molar-refractivity contribution in [3.05, 3.63) is 77.1 Å². The van der Waals surface area contributed by atoms with Crippen LogP contribution < -0.4 is 5.73 Å². The van der Waals surface area contributed by atoms with Crippen LogP contribution in [0.25, 0.3) is 11.1 Å². The second kappa shape index (κ2) is 7.18. The normalized spacial score (nSPS) is 13.6. The van der Waals surface area contributed by atoms with Crippen molar-refractivity contribution in [2.75, 3.05) is 13.7 Å². The van der Waals surface area contributed by atoms with Gasteiger partial charge in [-0.05, 0) is 41.8 Å². The minimum Gasteiger partial charge on any atom is -0.369 e. The number of ether oxygens (including phenoxy) is 1. The van der Waals surface area contributed by atoms with E-state index < -0.39 is 5.60 Å². The number of aromatic amines is 1. The second-order valence-corrected chi connectivity index (χ2v) is 6.08. The van der Waals surface area contributed by atoms with E-state index in [1.54, 1.807) is 13.3 Å². The van der Waals surface area contributed by atoms with Crippen LogP contribution in [0.2, 0.25) is 5.02 Å². The Labute approximate surface area is 146 Å². The summed E-state index contributed by atoms with van der Waals surface area (Å²) >= 11 is 6.03. The van der Waals surface area contributed by atoms with Crippen LogP contribution in [0.3, 0.4) is 0 Å². The lowest BCUT2D eigenvalue weighted by molar-refractivity contribution is 0.0166. The monoisotopic (exact) mass is 341 g/mol. The molecule has 0 aliphatic rings. The SMILES string of the molecule is COC(CCN)(c1ccc(Cl)cc1)c1ccc(-c2cn[nH]c2)cc1. The van der Waals surface area contributed by atoms with Gasteiger partial charge in [-0.15, -0.1) is 0 Å². The van der Waals surface area contributed by atoms with Crippen molar-refractivity contribution in [2.45, 2.75) is 12.0 Å². The van der Waals surface area contributed by atoms with Gasteiger partial charge < -0.3 is 10.5 Å². The molecule has 3 N–H and O–H groups in total. The molecule has 124 valence electrons. The van der Waals surface area contributed by atoms with E-state index >= 15 is 0 Å². The molecule has 1 unspecified atom stereocenters. The first kappa shape index (κ1) is 16.7. The van der Waals surface area contributed by atoms with Crippen molar-refractivity contribution in [1.29, 1.82) is 0 Å². The highest BCUT2D eigenvalue weighted by molar-refractivity contribution is 6.30. The molecule has 2 aromatic carbocycles. The molecule has 1 atom stereocenters. The number of hydrogen-bond acceptors (Lipinski definition) is 3. The summed E-state index contributed by atoms with van der Waals surface area (Å²) in [4.78, 5) is 0. The zero-order valence-electron chi connectivity index (χ0n) is 13.5. The number of benzene rings is 2. The van der Waals surface area contributed by atoms with Gasteiger partial charge in [-0.3, -0.25) is 5.10 Å². The maximum absolute atomic E-state index is 6.03. The Morgan fingerprint density at radius 1 is 1.04 bits per heavy atom. The van der Waals surface area contributed by atoms with Crippen LogP contribution in [0.4, 0.5) is 0 Å². The van der Waals surface area contributed by atoms with E-state index in [-0.39, 0.29) is 0 Å². The molecule has 0 bridgehead atoms. The van der Waals surface area contributed by atoms with Gasteiger partial charge in [-0.1, -0.05) is 48.0 Å². The van der Waals surface area contributed by atoms with E-state index in [0.29, 0.717) is 18.0 Å². The topological polar surface area (TPSA) is 63.9 Å². The van der Waals surface area contributed by atoms with Crippen LogP contribution in [-0.4, -0.2) is 23.9 Å². The minimum absolute atomic E-state index is 0.514. The van der Waals surface area contributed by atoms with Crippen molar-refractivity contribution in [2.24, 2.45) is 5.73 Å². The van der Waals surface area contributed by atoms with Gasteiger partial charge in [-0.2, -0.15) is 5.10 Å². The highest BCUT2D eigenvalue weighted by atomic mass is 35.5. The smallest absolute Gasteiger partial charge is 0.119 e. The van der Waals surface area contributed by atoms with Gasteiger partial charge in [0.15, 0.2) is 0 Å². The number of aromatic nitrogens is 2. The summed E-state index contributed by atoms with van der Waals surface area (Å²) in [7, 11) is 1.72. The Hall–Kier alpha value is -2.14. The molecule has 0 amide bonds. The van der Waals surface area contributed by atoms with Gasteiger partial charge in [0.25, 0.3) is 0 Å². The van der Waals surface area contributed by atoms with Gasteiger partial charge in [0.1, 0.15) is 5.60 Å². The van der Waals surface area contributed by atoms with Crippen molar-refractivity contribution in [1.82, 2.24) is 10.2 Å². The van der Waals surface area contributed by atoms with Crippen molar-refractivity contribution >= 4 is 11.6 Å². The molecule has 0 aliphatic heterocycles. The van der Waals surface area contributed by atoms with Crippen molar-refractivity contribution < 1.29 is 4.74 Å². The Morgan fingerprint density at radius 2 is 1.67 bits per heavy atom. The third kappa shape index (κ3) is 3.08. The third-order valence-corrected chi connectivity index (χ3v) is 4.59. The van der Waals surface area contributed by atoms with Crippen LogP contribution in [0, 0.1) is 0 Å². The molecule has 3 rings (SSSR count). The number of methoxy groups -OCH3 is 1. The zero-order chi connectivity index (χ0) is 17.0. The molecule has 1 heterocycles. The number of hydrogen-bond donors (Lipinski definition) is 2. The largest absolute Gasteiger partial charge is 0.369 e. The average molecular weight is 342 g/mol. The number of nitrogens with one attached hydrogen (secondary N) is 1. The summed E-state index contributed by atoms with van der Waals surface area (Å²) in [6.45, 7) is 0.514. The summed E-state index contributed by atoms with van der Waals surface area (Å²) < 4.78 is 5.98. The molecule has 5 heteroatoms. The van der Waals surface area contributed by atoms with Crippen molar-refractivity contribution in [3.63, 3.8) is 0 Å². The molecule has 3 aromatic rings. The van der Waals surface area contributed by atoms with Gasteiger partial charge in [0, 0.05) is 23.9 Å². The Kier molecular flexibility index (Phi) is 5.00. The van der Waals surface area contributed by atoms with Gasteiger partial charge in [0.05, 0.1) is 6.20 Å². The molecule has 24 heavy (non-hydrogen) atoms. The average Bonchev–Trinajstić information content (AvgIpc) is 3.15. The highest BCUT2D eigenvalue weighted by Gasteiger charge is 2.33. The van der Waals surface area contributed by atoms with Gasteiger partial charge in [0.2, 0.25) is 0 Å². The first-order valence-corrected chi connectivity index (χ1v) is 8.18. The number of H-pyrrole nitrogens is 1. The quantitative estimate of drug-likeness (QED) is 0.713. The fourth-order valence-corrected chi connectivity index (χ4v) is 3.18. The lowest BCUT2D eigenvalue weighted by Gasteiger charge is -2.33. The fraction of sp³-hybridized carbons (Fsp3) is 0.211. The number of nitrogens with two attached hydrogens (primary N) is 1. The third-order valence-electron chi connectivity index (χ3n) is 4.34. The predicted octanol–water partition coefficient (Wildman–Crippen LogP) is 3.97. The molecular formula is C19H20ClN3O. The lowest BCUT2D eigenvalue weighted by Crippen LogP contribution is -2.32. The zero-order valence-corrected chi connectivity index (χ0v) is 14.3. The minimum atomic E-state index is -0.589. The standard InChI is InChI=1S/C19H20ClN3O/c1-24-19(10-11-21,17-6-8-18(20)9-7-17)16-4-2-14(3-5-16)15-12-22-23-13-15/h2-9,12-13H,10-11,21H2,1H3,(H,22,23). The summed E-state index contributed by atoms with van der Waals surface area (Å²) in [5, 5.41) is 7.53. The van der Waals surface area contributed by atoms with E-state index in [1.165, 1.54) is 0 Å². The molecule has 0 aliphatic carbocycles. The summed E-state index contributed by atoms with van der Waals surface area (Å²) in [5.41, 5.74) is 9.54. The Balaban J connectivity index is 2.03. The van der Waals surface area contributed by atoms with Crippen molar-refractivity contribution in [3.8, 4) is 11.1 Å². The molecular weight excluding hydrogens is 322 g/mol. The molecule has 0 radical (unpaired) electrons. The molecule has 0 saturated heterocycles. The second-order valence-electron chi connectivity index (χ2n) is 5.64. The van der Waals surface area contributed by atoms with Crippen LogP contribution in [0.5, 0.6) is 0 Å². The number of nitrogens with zero attached hydrogens (tertiary/aromatic N) is 1.